The predicted octanol–water partition coefficient (Wildman–Crippen LogP) is 7.80. The van der Waals surface area contributed by atoms with E-state index in [-0.39, 0.29) is 12.1 Å². The molecule has 1 saturated heterocycles. The normalized spacial score (nSPS) is 20.5. The first-order valence-corrected chi connectivity index (χ1v) is 11.8. The van der Waals surface area contributed by atoms with Gasteiger partial charge in [0.25, 0.3) is 0 Å². The van der Waals surface area contributed by atoms with Gasteiger partial charge in [0.1, 0.15) is 0 Å². The van der Waals surface area contributed by atoms with Crippen LogP contribution in [0.15, 0.2) is 0 Å². The Morgan fingerprint density at radius 2 is 1.29 bits per heavy atom. The van der Waals surface area contributed by atoms with Gasteiger partial charge in [-0.25, -0.2) is 0 Å². The van der Waals surface area contributed by atoms with Gasteiger partial charge in [0.05, 0.1) is 0 Å². The zero-order chi connectivity index (χ0) is 20.8. The average Bonchev–Trinajstić information content (AvgIpc) is 2.64. The lowest BCUT2D eigenvalue weighted by Crippen LogP contribution is -2.53. The van der Waals surface area contributed by atoms with Gasteiger partial charge < -0.3 is 4.90 Å². The molecule has 0 radical (unpaired) electrons. The maximum absolute atomic E-state index is 12.9. The summed E-state index contributed by atoms with van der Waals surface area (Å²) in [6.45, 7) is 3.99. The summed E-state index contributed by atoms with van der Waals surface area (Å²) in [6.07, 6.45) is 14.7. The highest BCUT2D eigenvalue weighted by Crippen LogP contribution is 2.31. The maximum Gasteiger partial charge on any atom is 0.471 e. The fraction of sp³-hybridized carbons (Fsp3) is 0.957. The summed E-state index contributed by atoms with van der Waals surface area (Å²) in [6, 6.07) is -0.527. The van der Waals surface area contributed by atoms with E-state index in [4.69, 9.17) is 0 Å². The number of halogens is 3. The van der Waals surface area contributed by atoms with Crippen molar-refractivity contribution >= 4 is 5.91 Å². The van der Waals surface area contributed by atoms with E-state index >= 15 is 0 Å². The second-order valence-electron chi connectivity index (χ2n) is 8.68. The number of piperidine rings is 1. The molecule has 2 unspecified atom stereocenters. The second-order valence-corrected chi connectivity index (χ2v) is 8.68. The molecule has 1 aliphatic rings. The average molecular weight is 406 g/mol. The molecule has 2 nitrogen and oxygen atoms in total. The van der Waals surface area contributed by atoms with Crippen LogP contribution in [0.2, 0.25) is 0 Å². The summed E-state index contributed by atoms with van der Waals surface area (Å²) in [5.41, 5.74) is 0. The lowest BCUT2D eigenvalue weighted by Gasteiger charge is -2.41. The number of amides is 1. The van der Waals surface area contributed by atoms with Crippen LogP contribution in [0.4, 0.5) is 13.2 Å². The Morgan fingerprint density at radius 1 is 0.821 bits per heavy atom. The number of hydrogen-bond donors (Lipinski definition) is 0. The Morgan fingerprint density at radius 3 is 1.75 bits per heavy atom. The number of carbonyl (C=O) groups is 1. The Balaban J connectivity index is 2.09. The van der Waals surface area contributed by atoms with Crippen molar-refractivity contribution in [2.75, 3.05) is 0 Å². The van der Waals surface area contributed by atoms with Gasteiger partial charge in [0, 0.05) is 12.1 Å². The van der Waals surface area contributed by atoms with Crippen LogP contribution in [-0.2, 0) is 4.79 Å². The molecular formula is C23H42F3NO. The quantitative estimate of drug-likeness (QED) is 0.270. The predicted molar refractivity (Wildman–Crippen MR) is 110 cm³/mol. The molecule has 0 aromatic carbocycles. The summed E-state index contributed by atoms with van der Waals surface area (Å²) in [5.74, 6) is -1.64. The molecule has 0 aliphatic carbocycles. The largest absolute Gasteiger partial charge is 0.471 e. The molecule has 1 aliphatic heterocycles. The Kier molecular flexibility index (Phi) is 12.9. The minimum absolute atomic E-state index is 0.231. The number of alkyl halides is 3. The molecule has 0 aromatic heterocycles. The monoisotopic (exact) mass is 405 g/mol. The summed E-state index contributed by atoms with van der Waals surface area (Å²) in [4.78, 5) is 12.9. The molecule has 0 aromatic rings. The van der Waals surface area contributed by atoms with Crippen LogP contribution in [0.25, 0.3) is 0 Å². The fourth-order valence-electron chi connectivity index (χ4n) is 4.48. The lowest BCUT2D eigenvalue weighted by atomic mass is 9.92. The van der Waals surface area contributed by atoms with Gasteiger partial charge in [-0.3, -0.25) is 4.79 Å². The number of carbonyl (C=O) groups excluding carboxylic acids is 1. The van der Waals surface area contributed by atoms with E-state index in [2.05, 4.69) is 6.92 Å². The van der Waals surface area contributed by atoms with Crippen LogP contribution in [0, 0.1) is 0 Å². The minimum Gasteiger partial charge on any atom is -0.329 e. The van der Waals surface area contributed by atoms with E-state index in [9.17, 15) is 18.0 Å². The third-order valence-electron chi connectivity index (χ3n) is 6.15. The summed E-state index contributed by atoms with van der Waals surface area (Å²) in [5, 5.41) is 0. The Bertz CT molecular complexity index is 411. The molecule has 0 spiro atoms. The van der Waals surface area contributed by atoms with E-state index in [0.717, 1.165) is 30.6 Å². The topological polar surface area (TPSA) is 20.3 Å². The minimum atomic E-state index is -4.75. The van der Waals surface area contributed by atoms with Gasteiger partial charge in [0.15, 0.2) is 0 Å². The van der Waals surface area contributed by atoms with Crippen LogP contribution >= 0.6 is 0 Å². The van der Waals surface area contributed by atoms with Gasteiger partial charge in [0.2, 0.25) is 0 Å². The third-order valence-corrected chi connectivity index (χ3v) is 6.15. The number of rotatable bonds is 14. The van der Waals surface area contributed by atoms with E-state index in [1.165, 1.54) is 64.2 Å². The number of unbranched alkanes of at least 4 members (excludes halogenated alkanes) is 12. The van der Waals surface area contributed by atoms with E-state index < -0.39 is 12.1 Å². The molecule has 2 atom stereocenters. The zero-order valence-electron chi connectivity index (χ0n) is 18.2. The highest BCUT2D eigenvalue weighted by Gasteiger charge is 2.46. The van der Waals surface area contributed by atoms with Crippen LogP contribution in [0.1, 0.15) is 123 Å². The molecule has 1 amide bonds. The number of likely N-dealkylation sites (tertiary alicyclic amines) is 1. The van der Waals surface area contributed by atoms with E-state index in [1.807, 2.05) is 0 Å². The molecule has 1 heterocycles. The van der Waals surface area contributed by atoms with Crippen LogP contribution < -0.4 is 0 Å². The van der Waals surface area contributed by atoms with Crippen molar-refractivity contribution < 1.29 is 18.0 Å². The lowest BCUT2D eigenvalue weighted by molar-refractivity contribution is -0.192. The number of nitrogens with zero attached hydrogens (tertiary/aromatic N) is 1. The van der Waals surface area contributed by atoms with Crippen molar-refractivity contribution in [3.63, 3.8) is 0 Å². The van der Waals surface area contributed by atoms with Crippen molar-refractivity contribution in [1.82, 2.24) is 4.90 Å². The smallest absolute Gasteiger partial charge is 0.329 e. The van der Waals surface area contributed by atoms with Gasteiger partial charge in [-0.05, 0) is 32.6 Å². The van der Waals surface area contributed by atoms with E-state index in [1.54, 1.807) is 6.92 Å². The van der Waals surface area contributed by atoms with Crippen molar-refractivity contribution in [3.05, 3.63) is 0 Å². The van der Waals surface area contributed by atoms with Gasteiger partial charge in [-0.1, -0.05) is 90.4 Å². The van der Waals surface area contributed by atoms with E-state index in [0.29, 0.717) is 19.3 Å². The van der Waals surface area contributed by atoms with Crippen LogP contribution in [0.3, 0.4) is 0 Å². The fourth-order valence-corrected chi connectivity index (χ4v) is 4.48. The molecule has 1 rings (SSSR count). The Labute approximate surface area is 170 Å². The Hall–Kier alpha value is -0.740. The highest BCUT2D eigenvalue weighted by molar-refractivity contribution is 5.82. The summed E-state index contributed by atoms with van der Waals surface area (Å²) in [7, 11) is 0. The van der Waals surface area contributed by atoms with Gasteiger partial charge >= 0.3 is 12.1 Å². The molecule has 0 saturated carbocycles. The molecule has 28 heavy (non-hydrogen) atoms. The standard InChI is InChI=1S/C23H42F3NO/c1-3-4-5-6-7-8-9-10-11-12-13-14-15-18-21-19-16-17-20(2)27(21)22(28)23(24,25)26/h20-21H,3-19H2,1-2H3. The zero-order valence-corrected chi connectivity index (χ0v) is 18.2. The van der Waals surface area contributed by atoms with Crippen molar-refractivity contribution in [3.8, 4) is 0 Å². The first-order chi connectivity index (χ1) is 13.4. The first kappa shape index (κ1) is 25.3. The highest BCUT2D eigenvalue weighted by atomic mass is 19.4. The third kappa shape index (κ3) is 10.2. The van der Waals surface area contributed by atoms with Crippen LogP contribution in [0.5, 0.6) is 0 Å². The second kappa shape index (κ2) is 14.3. The van der Waals surface area contributed by atoms with Crippen molar-refractivity contribution in [1.29, 1.82) is 0 Å². The maximum atomic E-state index is 12.9. The summed E-state index contributed by atoms with van der Waals surface area (Å²) >= 11 is 0. The summed E-state index contributed by atoms with van der Waals surface area (Å²) < 4.78 is 38.6. The molecule has 1 fully saturated rings. The number of hydrogen-bond acceptors (Lipinski definition) is 1. The molecule has 166 valence electrons. The van der Waals surface area contributed by atoms with Crippen molar-refractivity contribution in [2.45, 2.75) is 141 Å². The van der Waals surface area contributed by atoms with Gasteiger partial charge in [-0.15, -0.1) is 0 Å². The molecule has 0 N–H and O–H groups in total. The van der Waals surface area contributed by atoms with Gasteiger partial charge in [-0.2, -0.15) is 13.2 Å². The molecule has 5 heteroatoms. The van der Waals surface area contributed by atoms with Crippen molar-refractivity contribution in [2.24, 2.45) is 0 Å². The SMILES string of the molecule is CCCCCCCCCCCCCCCC1CCCC(C)N1C(=O)C(F)(F)F. The molecule has 0 bridgehead atoms. The van der Waals surface area contributed by atoms with Crippen LogP contribution in [-0.4, -0.2) is 29.1 Å². The molecular weight excluding hydrogens is 363 g/mol. The first-order valence-electron chi connectivity index (χ1n) is 11.8.